The third-order valence-electron chi connectivity index (χ3n) is 2.74. The minimum atomic E-state index is -0.151. The van der Waals surface area contributed by atoms with Gasteiger partial charge in [-0.2, -0.15) is 0 Å². The molecule has 7 heteroatoms. The second kappa shape index (κ2) is 8.41. The number of rotatable bonds is 8. The van der Waals surface area contributed by atoms with Gasteiger partial charge in [-0.05, 0) is 29.3 Å². The number of hydrogen-bond acceptors (Lipinski definition) is 6. The van der Waals surface area contributed by atoms with Gasteiger partial charge in [0.15, 0.2) is 0 Å². The molecule has 0 radical (unpaired) electrons. The van der Waals surface area contributed by atoms with Crippen LogP contribution in [-0.4, -0.2) is 38.5 Å². The lowest BCUT2D eigenvalue weighted by atomic mass is 10.2. The molecule has 0 aliphatic carbocycles. The Morgan fingerprint density at radius 2 is 2.14 bits per heavy atom. The maximum atomic E-state index is 11.2. The van der Waals surface area contributed by atoms with E-state index in [0.29, 0.717) is 19.6 Å². The van der Waals surface area contributed by atoms with Crippen molar-refractivity contribution in [2.24, 2.45) is 0 Å². The quantitative estimate of drug-likeness (QED) is 0.423. The number of thioether (sulfide) groups is 1. The van der Waals surface area contributed by atoms with Gasteiger partial charge in [0.1, 0.15) is 0 Å². The highest BCUT2D eigenvalue weighted by molar-refractivity contribution is 7.99. The van der Waals surface area contributed by atoms with Crippen molar-refractivity contribution >= 4 is 17.7 Å². The van der Waals surface area contributed by atoms with Gasteiger partial charge in [-0.15, -0.1) is 5.10 Å². The van der Waals surface area contributed by atoms with Gasteiger partial charge < -0.3 is 4.74 Å². The minimum Gasteiger partial charge on any atom is -0.466 e. The molecule has 1 aromatic carbocycles. The third kappa shape index (κ3) is 5.18. The number of carbonyl (C=O) groups excluding carboxylic acids is 1. The molecule has 0 aliphatic heterocycles. The van der Waals surface area contributed by atoms with Gasteiger partial charge in [0.2, 0.25) is 5.16 Å². The number of benzene rings is 1. The van der Waals surface area contributed by atoms with Crippen molar-refractivity contribution in [2.45, 2.75) is 31.5 Å². The van der Waals surface area contributed by atoms with E-state index in [9.17, 15) is 4.79 Å². The van der Waals surface area contributed by atoms with E-state index in [4.69, 9.17) is 4.74 Å². The molecule has 2 aromatic rings. The summed E-state index contributed by atoms with van der Waals surface area (Å²) in [7, 11) is 0. The Morgan fingerprint density at radius 3 is 2.90 bits per heavy atom. The Labute approximate surface area is 127 Å². The molecule has 1 aromatic heterocycles. The number of hydrogen-bond donors (Lipinski definition) is 0. The number of aromatic nitrogens is 4. The summed E-state index contributed by atoms with van der Waals surface area (Å²) in [5.74, 6) is 0.635. The van der Waals surface area contributed by atoms with E-state index in [0.717, 1.165) is 22.9 Å². The van der Waals surface area contributed by atoms with Crippen LogP contribution in [0.5, 0.6) is 0 Å². The lowest BCUT2D eigenvalue weighted by molar-refractivity contribution is -0.143. The molecular weight excluding hydrogens is 288 g/mol. The first kappa shape index (κ1) is 15.5. The van der Waals surface area contributed by atoms with Crippen molar-refractivity contribution < 1.29 is 9.53 Å². The summed E-state index contributed by atoms with van der Waals surface area (Å²) in [6.45, 7) is 2.89. The van der Waals surface area contributed by atoms with Crippen molar-refractivity contribution in [3.63, 3.8) is 0 Å². The zero-order valence-corrected chi connectivity index (χ0v) is 12.8. The Bertz CT molecular complexity index is 559. The van der Waals surface area contributed by atoms with E-state index in [1.807, 2.05) is 37.3 Å². The molecule has 6 nitrogen and oxygen atoms in total. The van der Waals surface area contributed by atoms with Crippen LogP contribution in [0.2, 0.25) is 0 Å². The molecule has 0 unspecified atom stereocenters. The summed E-state index contributed by atoms with van der Waals surface area (Å²) >= 11 is 1.55. The third-order valence-corrected chi connectivity index (χ3v) is 3.78. The highest BCUT2D eigenvalue weighted by atomic mass is 32.2. The van der Waals surface area contributed by atoms with Crippen LogP contribution in [0.3, 0.4) is 0 Å². The first-order chi connectivity index (χ1) is 10.3. The monoisotopic (exact) mass is 306 g/mol. The van der Waals surface area contributed by atoms with Crippen LogP contribution in [0.25, 0.3) is 0 Å². The zero-order chi connectivity index (χ0) is 14.9. The summed E-state index contributed by atoms with van der Waals surface area (Å²) < 4.78 is 6.66. The lowest BCUT2D eigenvalue weighted by Crippen LogP contribution is -2.05. The van der Waals surface area contributed by atoms with Gasteiger partial charge in [0, 0.05) is 12.2 Å². The highest BCUT2D eigenvalue weighted by Crippen LogP contribution is 2.16. The SMILES string of the molecule is CCOC(=O)CCCSc1nnnn1Cc1ccccc1. The largest absolute Gasteiger partial charge is 0.466 e. The summed E-state index contributed by atoms with van der Waals surface area (Å²) in [4.78, 5) is 11.2. The van der Waals surface area contributed by atoms with E-state index in [-0.39, 0.29) is 5.97 Å². The fraction of sp³-hybridized carbons (Fsp3) is 0.429. The van der Waals surface area contributed by atoms with Crippen LogP contribution in [0.1, 0.15) is 25.3 Å². The second-order valence-electron chi connectivity index (χ2n) is 4.36. The molecule has 0 saturated heterocycles. The van der Waals surface area contributed by atoms with E-state index in [1.165, 1.54) is 0 Å². The smallest absolute Gasteiger partial charge is 0.305 e. The Balaban J connectivity index is 1.79. The van der Waals surface area contributed by atoms with Crippen LogP contribution in [0.4, 0.5) is 0 Å². The molecule has 112 valence electrons. The maximum absolute atomic E-state index is 11.2. The van der Waals surface area contributed by atoms with E-state index in [1.54, 1.807) is 16.4 Å². The molecule has 0 fully saturated rings. The molecular formula is C14H18N4O2S. The van der Waals surface area contributed by atoms with Crippen LogP contribution >= 0.6 is 11.8 Å². The van der Waals surface area contributed by atoms with Crippen LogP contribution in [0, 0.1) is 0 Å². The summed E-state index contributed by atoms with van der Waals surface area (Å²) in [6, 6.07) is 10.0. The number of nitrogens with zero attached hydrogens (tertiary/aromatic N) is 4. The van der Waals surface area contributed by atoms with Crippen LogP contribution in [0.15, 0.2) is 35.5 Å². The molecule has 0 saturated carbocycles. The average molecular weight is 306 g/mol. The molecule has 0 atom stereocenters. The predicted octanol–water partition coefficient (Wildman–Crippen LogP) is 2.16. The van der Waals surface area contributed by atoms with Crippen molar-refractivity contribution in [1.29, 1.82) is 0 Å². The van der Waals surface area contributed by atoms with Gasteiger partial charge in [0.05, 0.1) is 13.2 Å². The van der Waals surface area contributed by atoms with Crippen molar-refractivity contribution in [1.82, 2.24) is 20.2 Å². The van der Waals surface area contributed by atoms with Gasteiger partial charge >= 0.3 is 5.97 Å². The molecule has 1 heterocycles. The van der Waals surface area contributed by atoms with Crippen LogP contribution < -0.4 is 0 Å². The summed E-state index contributed by atoms with van der Waals surface area (Å²) in [5.41, 5.74) is 1.15. The number of ether oxygens (including phenoxy) is 1. The normalized spacial score (nSPS) is 10.5. The number of esters is 1. The first-order valence-corrected chi connectivity index (χ1v) is 7.86. The lowest BCUT2D eigenvalue weighted by Gasteiger charge is -2.04. The molecule has 2 rings (SSSR count). The van der Waals surface area contributed by atoms with Gasteiger partial charge in [-0.1, -0.05) is 42.1 Å². The van der Waals surface area contributed by atoms with E-state index in [2.05, 4.69) is 15.5 Å². The standard InChI is InChI=1S/C14H18N4O2S/c1-2-20-13(19)9-6-10-21-14-15-16-17-18(14)11-12-7-4-3-5-8-12/h3-5,7-8H,2,6,9-11H2,1H3. The minimum absolute atomic E-state index is 0.151. The predicted molar refractivity (Wildman–Crippen MR) is 80.0 cm³/mol. The fourth-order valence-electron chi connectivity index (χ4n) is 1.77. The fourth-order valence-corrected chi connectivity index (χ4v) is 2.58. The highest BCUT2D eigenvalue weighted by Gasteiger charge is 2.08. The second-order valence-corrected chi connectivity index (χ2v) is 5.42. The summed E-state index contributed by atoms with van der Waals surface area (Å²) in [5, 5.41) is 12.5. The van der Waals surface area contributed by atoms with Crippen molar-refractivity contribution in [3.8, 4) is 0 Å². The van der Waals surface area contributed by atoms with Gasteiger partial charge in [-0.3, -0.25) is 4.79 Å². The topological polar surface area (TPSA) is 69.9 Å². The molecule has 0 aliphatic rings. The summed E-state index contributed by atoms with van der Waals surface area (Å²) in [6.07, 6.45) is 1.18. The average Bonchev–Trinajstić information content (AvgIpc) is 2.92. The van der Waals surface area contributed by atoms with Gasteiger partial charge in [-0.25, -0.2) is 4.68 Å². The van der Waals surface area contributed by atoms with E-state index >= 15 is 0 Å². The molecule has 0 spiro atoms. The molecule has 0 N–H and O–H groups in total. The Morgan fingerprint density at radius 1 is 1.33 bits per heavy atom. The number of carbonyl (C=O) groups is 1. The van der Waals surface area contributed by atoms with E-state index < -0.39 is 0 Å². The Kier molecular flexibility index (Phi) is 6.21. The maximum Gasteiger partial charge on any atom is 0.305 e. The van der Waals surface area contributed by atoms with Gasteiger partial charge in [0.25, 0.3) is 0 Å². The molecule has 0 amide bonds. The van der Waals surface area contributed by atoms with Crippen LogP contribution in [-0.2, 0) is 16.1 Å². The molecule has 21 heavy (non-hydrogen) atoms. The molecule has 0 bridgehead atoms. The number of tetrazole rings is 1. The zero-order valence-electron chi connectivity index (χ0n) is 11.9. The Hall–Kier alpha value is -1.89. The van der Waals surface area contributed by atoms with Crippen molar-refractivity contribution in [3.05, 3.63) is 35.9 Å². The first-order valence-electron chi connectivity index (χ1n) is 6.88. The van der Waals surface area contributed by atoms with Crippen molar-refractivity contribution in [2.75, 3.05) is 12.4 Å².